The second kappa shape index (κ2) is 23.7. The molecule has 5 nitrogen and oxygen atoms in total. The minimum Gasteiger partial charge on any atom is -0.356 e. The highest BCUT2D eigenvalue weighted by Crippen LogP contribution is 2.16. The maximum Gasteiger partial charge on any atom is 0.221 e. The van der Waals surface area contributed by atoms with Crippen molar-refractivity contribution in [1.29, 1.82) is 0 Å². The molecular formula is C30H62N4O. The summed E-state index contributed by atoms with van der Waals surface area (Å²) in [6.45, 7) is 8.60. The Bertz CT molecular complexity index is 473. The first-order valence-electron chi connectivity index (χ1n) is 15.5. The lowest BCUT2D eigenvalue weighted by Gasteiger charge is -2.28. The number of nitrogens with zero attached hydrogens (tertiary/aromatic N) is 2. The van der Waals surface area contributed by atoms with Crippen molar-refractivity contribution in [2.24, 2.45) is 0 Å². The summed E-state index contributed by atoms with van der Waals surface area (Å²) in [5, 5.41) is 6.80. The number of hydrogen-bond donors (Lipinski definition) is 2. The number of hydrogen-bond acceptors (Lipinski definition) is 4. The third-order valence-corrected chi connectivity index (χ3v) is 7.73. The van der Waals surface area contributed by atoms with E-state index < -0.39 is 0 Å². The molecule has 0 aromatic carbocycles. The van der Waals surface area contributed by atoms with Gasteiger partial charge in [-0.15, -0.1) is 0 Å². The lowest BCUT2D eigenvalue weighted by molar-refractivity contribution is -0.122. The van der Waals surface area contributed by atoms with Gasteiger partial charge in [-0.1, -0.05) is 90.4 Å². The van der Waals surface area contributed by atoms with E-state index in [1.54, 1.807) is 0 Å². The lowest BCUT2D eigenvalue weighted by atomic mass is 10.0. The van der Waals surface area contributed by atoms with Crippen LogP contribution in [-0.2, 0) is 4.79 Å². The van der Waals surface area contributed by atoms with Crippen molar-refractivity contribution in [2.45, 2.75) is 135 Å². The van der Waals surface area contributed by atoms with Crippen molar-refractivity contribution in [2.75, 3.05) is 53.4 Å². The summed E-state index contributed by atoms with van der Waals surface area (Å²) in [6.07, 6.45) is 24.6. The highest BCUT2D eigenvalue weighted by molar-refractivity contribution is 5.76. The van der Waals surface area contributed by atoms with Crippen LogP contribution in [-0.4, -0.2) is 75.1 Å². The molecule has 1 unspecified atom stereocenters. The van der Waals surface area contributed by atoms with E-state index in [0.717, 1.165) is 58.5 Å². The van der Waals surface area contributed by atoms with Gasteiger partial charge in [0, 0.05) is 19.0 Å². The predicted molar refractivity (Wildman–Crippen MR) is 153 cm³/mol. The van der Waals surface area contributed by atoms with Crippen LogP contribution < -0.4 is 10.6 Å². The van der Waals surface area contributed by atoms with Gasteiger partial charge < -0.3 is 20.4 Å². The molecule has 0 saturated carbocycles. The monoisotopic (exact) mass is 494 g/mol. The minimum absolute atomic E-state index is 0.238. The third kappa shape index (κ3) is 20.1. The molecule has 1 amide bonds. The molecule has 1 rings (SSSR count). The second-order valence-electron chi connectivity index (χ2n) is 11.2. The van der Waals surface area contributed by atoms with Crippen LogP contribution in [0.3, 0.4) is 0 Å². The Morgan fingerprint density at radius 1 is 0.686 bits per heavy atom. The van der Waals surface area contributed by atoms with Gasteiger partial charge in [-0.05, 0) is 78.9 Å². The smallest absolute Gasteiger partial charge is 0.221 e. The van der Waals surface area contributed by atoms with Gasteiger partial charge in [-0.2, -0.15) is 0 Å². The average Bonchev–Trinajstić information content (AvgIpc) is 2.85. The third-order valence-electron chi connectivity index (χ3n) is 7.73. The van der Waals surface area contributed by atoms with Crippen molar-refractivity contribution in [3.05, 3.63) is 0 Å². The molecule has 0 aromatic rings. The first-order chi connectivity index (χ1) is 17.1. The zero-order valence-electron chi connectivity index (χ0n) is 24.1. The number of carbonyl (C=O) groups is 1. The summed E-state index contributed by atoms with van der Waals surface area (Å²) in [7, 11) is 4.42. The van der Waals surface area contributed by atoms with Gasteiger partial charge >= 0.3 is 0 Å². The molecule has 35 heavy (non-hydrogen) atoms. The number of nitrogens with one attached hydrogen (secondary N) is 2. The molecule has 0 bridgehead atoms. The molecule has 1 atom stereocenters. The topological polar surface area (TPSA) is 47.6 Å². The molecule has 208 valence electrons. The fourth-order valence-corrected chi connectivity index (χ4v) is 5.24. The average molecular weight is 495 g/mol. The second-order valence-corrected chi connectivity index (χ2v) is 11.2. The Hall–Kier alpha value is -0.650. The van der Waals surface area contributed by atoms with Crippen LogP contribution >= 0.6 is 0 Å². The molecule has 2 N–H and O–H groups in total. The predicted octanol–water partition coefficient (Wildman–Crippen LogP) is 6.37. The number of rotatable bonds is 14. The summed E-state index contributed by atoms with van der Waals surface area (Å²) in [4.78, 5) is 17.5. The summed E-state index contributed by atoms with van der Waals surface area (Å²) in [5.74, 6) is 0.238. The zero-order valence-corrected chi connectivity index (χ0v) is 24.1. The quantitative estimate of drug-likeness (QED) is 0.275. The Labute approximate surface area is 219 Å². The highest BCUT2D eigenvalue weighted by Gasteiger charge is 2.18. The van der Waals surface area contributed by atoms with E-state index in [4.69, 9.17) is 0 Å². The summed E-state index contributed by atoms with van der Waals surface area (Å²) >= 11 is 0. The van der Waals surface area contributed by atoms with E-state index in [0.29, 0.717) is 12.5 Å². The van der Waals surface area contributed by atoms with Gasteiger partial charge in [0.1, 0.15) is 0 Å². The number of amides is 1. The SMILES string of the molecule is CCCCCCCCCCCCCCCC1CC(=O)NCCCN(C)CCCCNCCCN1C. The van der Waals surface area contributed by atoms with Crippen LogP contribution in [0.2, 0.25) is 0 Å². The first-order valence-corrected chi connectivity index (χ1v) is 15.5. The van der Waals surface area contributed by atoms with Crippen LogP contribution in [0.15, 0.2) is 0 Å². The van der Waals surface area contributed by atoms with Gasteiger partial charge in [0.05, 0.1) is 0 Å². The van der Waals surface area contributed by atoms with E-state index >= 15 is 0 Å². The van der Waals surface area contributed by atoms with Crippen LogP contribution in [0.5, 0.6) is 0 Å². The molecule has 0 aromatic heterocycles. The van der Waals surface area contributed by atoms with Crippen LogP contribution in [0.4, 0.5) is 0 Å². The molecule has 1 saturated heterocycles. The molecule has 0 radical (unpaired) electrons. The lowest BCUT2D eigenvalue weighted by Crippen LogP contribution is -2.39. The molecule has 5 heteroatoms. The standard InChI is InChI=1S/C30H62N4O/c1-4-5-6-7-8-9-10-11-12-13-14-15-16-21-29-28-30(35)32-24-20-26-33(2)25-18-17-22-31-23-19-27-34(29)3/h29,31H,4-28H2,1-3H3,(H,32,35). The van der Waals surface area contributed by atoms with Crippen molar-refractivity contribution in [3.8, 4) is 0 Å². The van der Waals surface area contributed by atoms with Crippen molar-refractivity contribution >= 4 is 5.91 Å². The van der Waals surface area contributed by atoms with Gasteiger partial charge in [-0.25, -0.2) is 0 Å². The van der Waals surface area contributed by atoms with Crippen molar-refractivity contribution in [3.63, 3.8) is 0 Å². The van der Waals surface area contributed by atoms with Crippen molar-refractivity contribution in [1.82, 2.24) is 20.4 Å². The van der Waals surface area contributed by atoms with Crippen LogP contribution in [0.1, 0.15) is 129 Å². The Kier molecular flexibility index (Phi) is 22.0. The molecule has 1 aliphatic heterocycles. The van der Waals surface area contributed by atoms with Gasteiger partial charge in [0.15, 0.2) is 0 Å². The normalized spacial score (nSPS) is 21.0. The number of unbranched alkanes of at least 4 members (excludes halogenated alkanes) is 12. The minimum atomic E-state index is 0.238. The Balaban J connectivity index is 2.23. The maximum absolute atomic E-state index is 12.6. The number of carbonyl (C=O) groups excluding carboxylic acids is 1. The van der Waals surface area contributed by atoms with E-state index in [-0.39, 0.29) is 5.91 Å². The molecule has 0 spiro atoms. The zero-order chi connectivity index (χ0) is 25.4. The van der Waals surface area contributed by atoms with E-state index in [1.165, 1.54) is 96.3 Å². The van der Waals surface area contributed by atoms with Crippen LogP contribution in [0, 0.1) is 0 Å². The summed E-state index contributed by atoms with van der Waals surface area (Å²) in [5.41, 5.74) is 0. The van der Waals surface area contributed by atoms with E-state index in [1.807, 2.05) is 0 Å². The van der Waals surface area contributed by atoms with Gasteiger partial charge in [0.25, 0.3) is 0 Å². The molecule has 1 heterocycles. The fourth-order valence-electron chi connectivity index (χ4n) is 5.24. The van der Waals surface area contributed by atoms with Gasteiger partial charge in [-0.3, -0.25) is 4.79 Å². The summed E-state index contributed by atoms with van der Waals surface area (Å²) in [6, 6.07) is 0.376. The highest BCUT2D eigenvalue weighted by atomic mass is 16.1. The van der Waals surface area contributed by atoms with Crippen molar-refractivity contribution < 1.29 is 4.79 Å². The Morgan fingerprint density at radius 3 is 1.89 bits per heavy atom. The van der Waals surface area contributed by atoms with E-state index in [2.05, 4.69) is 41.5 Å². The van der Waals surface area contributed by atoms with E-state index in [9.17, 15) is 4.79 Å². The molecule has 0 aliphatic carbocycles. The Morgan fingerprint density at radius 2 is 1.23 bits per heavy atom. The molecular weight excluding hydrogens is 432 g/mol. The maximum atomic E-state index is 12.6. The molecule has 1 fully saturated rings. The van der Waals surface area contributed by atoms with Crippen LogP contribution in [0.25, 0.3) is 0 Å². The first kappa shape index (κ1) is 32.4. The summed E-state index contributed by atoms with van der Waals surface area (Å²) < 4.78 is 0. The van der Waals surface area contributed by atoms with Gasteiger partial charge in [0.2, 0.25) is 5.91 Å². The fraction of sp³-hybridized carbons (Fsp3) is 0.967. The molecule has 1 aliphatic rings. The largest absolute Gasteiger partial charge is 0.356 e.